The molecule has 0 aliphatic carbocycles. The summed E-state index contributed by atoms with van der Waals surface area (Å²) in [5.41, 5.74) is 0.745. The Labute approximate surface area is 104 Å². The molecule has 1 aromatic carbocycles. The van der Waals surface area contributed by atoms with Gasteiger partial charge in [0.15, 0.2) is 0 Å². The summed E-state index contributed by atoms with van der Waals surface area (Å²) in [4.78, 5) is 28.5. The maximum Gasteiger partial charge on any atom is 0.257 e. The molecule has 7 heteroatoms. The van der Waals surface area contributed by atoms with E-state index >= 15 is 0 Å². The summed E-state index contributed by atoms with van der Waals surface area (Å²) in [5.74, 6) is 0.983. The predicted molar refractivity (Wildman–Crippen MR) is 58.9 cm³/mol. The zero-order valence-corrected chi connectivity index (χ0v) is 10.4. The first kappa shape index (κ1) is 13.9. The molecular weight excluding hydrogens is 252 g/mol. The van der Waals surface area contributed by atoms with E-state index in [1.54, 1.807) is 12.1 Å². The highest BCUT2D eigenvalue weighted by Crippen LogP contribution is 2.39. The molecule has 0 amide bonds. The van der Waals surface area contributed by atoms with Gasteiger partial charge in [0, 0.05) is 5.88 Å². The van der Waals surface area contributed by atoms with Crippen molar-refractivity contribution in [2.24, 2.45) is 0 Å². The average molecular weight is 265 g/mol. The molecule has 0 heterocycles. The van der Waals surface area contributed by atoms with Crippen LogP contribution in [-0.4, -0.2) is 21.3 Å². The van der Waals surface area contributed by atoms with Crippen molar-refractivity contribution in [3.8, 4) is 17.2 Å². The molecule has 0 unspecified atom stereocenters. The zero-order valence-electron chi connectivity index (χ0n) is 9.69. The quantitative estimate of drug-likeness (QED) is 0.428. The lowest BCUT2D eigenvalue weighted by Crippen LogP contribution is -2.02. The molecular formula is C10H13ClO6. The Bertz CT molecular complexity index is 330. The third-order valence-corrected chi connectivity index (χ3v) is 2.06. The molecule has 0 saturated carbocycles. The van der Waals surface area contributed by atoms with Gasteiger partial charge in [-0.05, 0) is 17.7 Å². The highest BCUT2D eigenvalue weighted by molar-refractivity contribution is 6.17. The SMILES string of the molecule is COOc1cc(CCl)cc(OOC)c1OOC. The Balaban J connectivity index is 3.16. The molecule has 0 spiro atoms. The fraction of sp³-hybridized carbons (Fsp3) is 0.400. The van der Waals surface area contributed by atoms with E-state index in [9.17, 15) is 0 Å². The number of rotatable bonds is 7. The predicted octanol–water partition coefficient (Wildman–Crippen LogP) is 2.25. The molecule has 0 aliphatic heterocycles. The number of halogens is 1. The van der Waals surface area contributed by atoms with Gasteiger partial charge in [-0.3, -0.25) is 0 Å². The second kappa shape index (κ2) is 7.18. The monoisotopic (exact) mass is 264 g/mol. The minimum atomic E-state index is 0.185. The Morgan fingerprint density at radius 1 is 0.882 bits per heavy atom. The van der Waals surface area contributed by atoms with E-state index in [-0.39, 0.29) is 23.1 Å². The van der Waals surface area contributed by atoms with E-state index in [0.717, 1.165) is 5.56 Å². The summed E-state index contributed by atoms with van der Waals surface area (Å²) < 4.78 is 0. The van der Waals surface area contributed by atoms with Gasteiger partial charge < -0.3 is 14.7 Å². The summed E-state index contributed by atoms with van der Waals surface area (Å²) in [6.07, 6.45) is 0. The van der Waals surface area contributed by atoms with Crippen LogP contribution >= 0.6 is 11.6 Å². The van der Waals surface area contributed by atoms with Gasteiger partial charge in [0.2, 0.25) is 11.5 Å². The Morgan fingerprint density at radius 2 is 1.35 bits per heavy atom. The molecule has 0 saturated heterocycles. The lowest BCUT2D eigenvalue weighted by Gasteiger charge is -2.12. The Hall–Kier alpha value is -1.21. The zero-order chi connectivity index (χ0) is 12.7. The standard InChI is InChI=1S/C10H13ClO6/c1-12-15-8-4-7(6-11)5-9(16-13-2)10(8)17-14-3/h4-5H,6H2,1-3H3. The third kappa shape index (κ3) is 3.64. The first-order chi connectivity index (χ1) is 8.26. The van der Waals surface area contributed by atoms with Crippen LogP contribution < -0.4 is 14.7 Å². The first-order valence-corrected chi connectivity index (χ1v) is 5.15. The lowest BCUT2D eigenvalue weighted by molar-refractivity contribution is -0.214. The van der Waals surface area contributed by atoms with Crippen LogP contribution in [0, 0.1) is 0 Å². The van der Waals surface area contributed by atoms with Crippen LogP contribution in [0.15, 0.2) is 12.1 Å². The van der Waals surface area contributed by atoms with Crippen LogP contribution in [0.1, 0.15) is 5.56 Å². The summed E-state index contributed by atoms with van der Waals surface area (Å²) >= 11 is 5.74. The maximum absolute atomic E-state index is 5.74. The van der Waals surface area contributed by atoms with Crippen molar-refractivity contribution in [1.82, 2.24) is 0 Å². The van der Waals surface area contributed by atoms with E-state index in [1.807, 2.05) is 0 Å². The lowest BCUT2D eigenvalue weighted by atomic mass is 10.2. The molecule has 0 radical (unpaired) electrons. The fourth-order valence-electron chi connectivity index (χ4n) is 1.18. The molecule has 0 N–H and O–H groups in total. The van der Waals surface area contributed by atoms with E-state index in [2.05, 4.69) is 14.7 Å². The van der Waals surface area contributed by atoms with Crippen molar-refractivity contribution in [1.29, 1.82) is 0 Å². The van der Waals surface area contributed by atoms with Crippen LogP contribution in [0.4, 0.5) is 0 Å². The summed E-state index contributed by atoms with van der Waals surface area (Å²) in [6.45, 7) is 0. The van der Waals surface area contributed by atoms with Crippen LogP contribution in [0.5, 0.6) is 17.2 Å². The van der Waals surface area contributed by atoms with Crippen LogP contribution in [0.3, 0.4) is 0 Å². The molecule has 6 nitrogen and oxygen atoms in total. The van der Waals surface area contributed by atoms with Crippen LogP contribution in [0.25, 0.3) is 0 Å². The number of benzene rings is 1. The normalized spacial score (nSPS) is 10.1. The van der Waals surface area contributed by atoms with Gasteiger partial charge in [-0.2, -0.15) is 14.7 Å². The van der Waals surface area contributed by atoms with Gasteiger partial charge in [0.25, 0.3) is 5.75 Å². The van der Waals surface area contributed by atoms with Gasteiger partial charge >= 0.3 is 0 Å². The third-order valence-electron chi connectivity index (χ3n) is 1.75. The topological polar surface area (TPSA) is 55.4 Å². The molecule has 1 aromatic rings. The number of hydrogen-bond donors (Lipinski definition) is 0. The van der Waals surface area contributed by atoms with Gasteiger partial charge in [0.1, 0.15) is 0 Å². The molecule has 96 valence electrons. The van der Waals surface area contributed by atoms with Crippen molar-refractivity contribution >= 4 is 11.6 Å². The minimum absolute atomic E-state index is 0.185. The van der Waals surface area contributed by atoms with Crippen molar-refractivity contribution in [3.63, 3.8) is 0 Å². The largest absolute Gasteiger partial charge is 0.334 e. The minimum Gasteiger partial charge on any atom is -0.334 e. The second-order valence-corrected chi connectivity index (χ2v) is 3.07. The molecule has 0 bridgehead atoms. The van der Waals surface area contributed by atoms with Gasteiger partial charge in [-0.1, -0.05) is 0 Å². The van der Waals surface area contributed by atoms with Crippen molar-refractivity contribution in [2.75, 3.05) is 21.3 Å². The summed E-state index contributed by atoms with van der Waals surface area (Å²) in [7, 11) is 4.07. The van der Waals surface area contributed by atoms with E-state index in [0.29, 0.717) is 0 Å². The molecule has 0 aliphatic rings. The smallest absolute Gasteiger partial charge is 0.257 e. The highest BCUT2D eigenvalue weighted by atomic mass is 35.5. The van der Waals surface area contributed by atoms with Gasteiger partial charge in [0.05, 0.1) is 21.3 Å². The molecule has 0 aromatic heterocycles. The highest BCUT2D eigenvalue weighted by Gasteiger charge is 2.18. The van der Waals surface area contributed by atoms with Gasteiger partial charge in [-0.25, -0.2) is 0 Å². The molecule has 0 fully saturated rings. The van der Waals surface area contributed by atoms with Gasteiger partial charge in [-0.15, -0.1) is 11.6 Å². The first-order valence-electron chi connectivity index (χ1n) is 4.61. The van der Waals surface area contributed by atoms with Crippen LogP contribution in [0.2, 0.25) is 0 Å². The molecule has 17 heavy (non-hydrogen) atoms. The second-order valence-electron chi connectivity index (χ2n) is 2.80. The molecule has 0 atom stereocenters. The van der Waals surface area contributed by atoms with E-state index < -0.39 is 0 Å². The number of alkyl halides is 1. The summed E-state index contributed by atoms with van der Waals surface area (Å²) in [6, 6.07) is 3.26. The Morgan fingerprint density at radius 3 is 1.71 bits per heavy atom. The van der Waals surface area contributed by atoms with E-state index in [1.165, 1.54) is 21.3 Å². The van der Waals surface area contributed by atoms with Crippen molar-refractivity contribution < 1.29 is 29.3 Å². The maximum atomic E-state index is 5.74. The summed E-state index contributed by atoms with van der Waals surface area (Å²) in [5, 5.41) is 0. The fourth-order valence-corrected chi connectivity index (χ4v) is 1.33. The average Bonchev–Trinajstić information content (AvgIpc) is 2.33. The number of hydrogen-bond acceptors (Lipinski definition) is 6. The molecule has 1 rings (SSSR count). The Kier molecular flexibility index (Phi) is 5.85. The van der Waals surface area contributed by atoms with Crippen molar-refractivity contribution in [3.05, 3.63) is 17.7 Å². The van der Waals surface area contributed by atoms with Crippen molar-refractivity contribution in [2.45, 2.75) is 5.88 Å². The van der Waals surface area contributed by atoms with Crippen LogP contribution in [-0.2, 0) is 20.5 Å². The van der Waals surface area contributed by atoms with E-state index in [4.69, 9.17) is 26.3 Å².